The minimum atomic E-state index is -3.79. The first-order chi connectivity index (χ1) is 16.9. The van der Waals surface area contributed by atoms with Gasteiger partial charge in [0.25, 0.3) is 11.8 Å². The predicted molar refractivity (Wildman–Crippen MR) is 126 cm³/mol. The van der Waals surface area contributed by atoms with Crippen LogP contribution >= 0.6 is 0 Å². The molecule has 2 atom stereocenters. The molecule has 2 fully saturated rings. The van der Waals surface area contributed by atoms with Crippen molar-refractivity contribution in [3.63, 3.8) is 0 Å². The molecule has 2 aliphatic heterocycles. The number of benzene rings is 1. The number of nitrogens with zero attached hydrogens (tertiary/aromatic N) is 4. The molecule has 9 nitrogen and oxygen atoms in total. The summed E-state index contributed by atoms with van der Waals surface area (Å²) < 4.78 is 71.7. The van der Waals surface area contributed by atoms with Crippen molar-refractivity contribution in [2.75, 3.05) is 36.1 Å². The molecule has 0 bridgehead atoms. The number of piperidine rings is 2. The highest BCUT2D eigenvalue weighted by Crippen LogP contribution is 2.30. The van der Waals surface area contributed by atoms with Gasteiger partial charge in [0.2, 0.25) is 11.6 Å². The normalized spacial score (nSPS) is 21.4. The largest absolute Gasteiger partial charge is 0.369 e. The predicted octanol–water partition coefficient (Wildman–Crippen LogP) is 3.19. The first-order valence-corrected chi connectivity index (χ1v) is 13.5. The van der Waals surface area contributed by atoms with Crippen LogP contribution in [0.1, 0.15) is 38.5 Å². The summed E-state index contributed by atoms with van der Waals surface area (Å²) in [5, 5.41) is 6.51. The molecule has 196 valence electrons. The second-order valence-corrected chi connectivity index (χ2v) is 11.3. The highest BCUT2D eigenvalue weighted by Gasteiger charge is 2.37. The van der Waals surface area contributed by atoms with Crippen LogP contribution in [0.15, 0.2) is 34.2 Å². The van der Waals surface area contributed by atoms with Gasteiger partial charge in [-0.3, -0.25) is 4.79 Å². The van der Waals surface area contributed by atoms with E-state index in [0.717, 1.165) is 24.5 Å². The van der Waals surface area contributed by atoms with E-state index in [9.17, 15) is 26.4 Å². The van der Waals surface area contributed by atoms with E-state index < -0.39 is 43.8 Å². The van der Waals surface area contributed by atoms with Gasteiger partial charge < -0.3 is 19.6 Å². The van der Waals surface area contributed by atoms with E-state index in [0.29, 0.717) is 45.3 Å². The number of rotatable bonds is 7. The molecule has 0 spiro atoms. The molecule has 1 aromatic heterocycles. The summed E-state index contributed by atoms with van der Waals surface area (Å²) >= 11 is 0. The van der Waals surface area contributed by atoms with Gasteiger partial charge in [0, 0.05) is 31.9 Å². The molecule has 36 heavy (non-hydrogen) atoms. The van der Waals surface area contributed by atoms with Gasteiger partial charge in [-0.1, -0.05) is 6.58 Å². The molecule has 1 aromatic carbocycles. The Hall–Kier alpha value is -3.09. The van der Waals surface area contributed by atoms with Crippen LogP contribution < -0.4 is 10.2 Å². The zero-order valence-corrected chi connectivity index (χ0v) is 20.8. The number of aromatic nitrogens is 2. The lowest BCUT2D eigenvalue weighted by atomic mass is 9.97. The lowest BCUT2D eigenvalue weighted by Gasteiger charge is -2.42. The first-order valence-electron chi connectivity index (χ1n) is 11.6. The quantitative estimate of drug-likeness (QED) is 0.547. The number of sulfone groups is 1. The van der Waals surface area contributed by atoms with E-state index >= 15 is 0 Å². The molecule has 1 amide bonds. The molecule has 2 aromatic rings. The molecule has 0 aliphatic carbocycles. The number of amides is 1. The standard InChI is InChI=1S/C23H28F3N5O4S/c1-4-23(2,26)21-28-22(29-35-21)30-10-7-14(8-11-30)31-9-5-6-18(20(31)32)27-19-16(24)12-15(13-17(19)25)36(3,33)34/h4,12-14,18,27H,1,5-11H2,2-3H3. The maximum atomic E-state index is 14.5. The van der Waals surface area contributed by atoms with Crippen molar-refractivity contribution in [1.82, 2.24) is 15.0 Å². The number of carbonyl (C=O) groups is 1. The smallest absolute Gasteiger partial charge is 0.269 e. The number of alkyl halides is 1. The van der Waals surface area contributed by atoms with Gasteiger partial charge in [-0.05, 0) is 56.0 Å². The van der Waals surface area contributed by atoms with Gasteiger partial charge in [-0.25, -0.2) is 21.6 Å². The van der Waals surface area contributed by atoms with E-state index in [1.807, 2.05) is 4.90 Å². The summed E-state index contributed by atoms with van der Waals surface area (Å²) in [4.78, 5) is 20.4. The number of hydrogen-bond donors (Lipinski definition) is 1. The maximum absolute atomic E-state index is 14.5. The molecule has 2 unspecified atom stereocenters. The van der Waals surface area contributed by atoms with Crippen LogP contribution in [0.4, 0.5) is 24.8 Å². The molecule has 4 rings (SSSR count). The Bertz CT molecular complexity index is 1240. The van der Waals surface area contributed by atoms with E-state index in [1.54, 1.807) is 4.90 Å². The zero-order chi connectivity index (χ0) is 26.3. The number of anilines is 2. The van der Waals surface area contributed by atoms with Gasteiger partial charge in [0.1, 0.15) is 11.7 Å². The van der Waals surface area contributed by atoms with Gasteiger partial charge in [0.15, 0.2) is 21.5 Å². The number of carbonyl (C=O) groups excluding carboxylic acids is 1. The number of likely N-dealkylation sites (tertiary alicyclic amines) is 1. The third-order valence-corrected chi connectivity index (χ3v) is 7.73. The minimum absolute atomic E-state index is 0.0911. The molecule has 13 heteroatoms. The van der Waals surface area contributed by atoms with Crippen LogP contribution in [-0.2, 0) is 20.3 Å². The van der Waals surface area contributed by atoms with Gasteiger partial charge in [-0.2, -0.15) is 4.98 Å². The molecular formula is C23H28F3N5O4S. The summed E-state index contributed by atoms with van der Waals surface area (Å²) in [6.45, 7) is 6.25. The fraction of sp³-hybridized carbons (Fsp3) is 0.522. The molecule has 3 heterocycles. The highest BCUT2D eigenvalue weighted by atomic mass is 32.2. The second kappa shape index (κ2) is 9.75. The first kappa shape index (κ1) is 26.0. The summed E-state index contributed by atoms with van der Waals surface area (Å²) in [7, 11) is -3.79. The van der Waals surface area contributed by atoms with Crippen LogP contribution in [0.2, 0.25) is 0 Å². The van der Waals surface area contributed by atoms with Gasteiger partial charge >= 0.3 is 0 Å². The van der Waals surface area contributed by atoms with Gasteiger partial charge in [-0.15, -0.1) is 0 Å². The lowest BCUT2D eigenvalue weighted by molar-refractivity contribution is -0.137. The lowest BCUT2D eigenvalue weighted by Crippen LogP contribution is -2.55. The summed E-state index contributed by atoms with van der Waals surface area (Å²) in [5.41, 5.74) is -2.46. The monoisotopic (exact) mass is 527 g/mol. The number of allylic oxidation sites excluding steroid dienone is 1. The van der Waals surface area contributed by atoms with E-state index in [4.69, 9.17) is 4.52 Å². The van der Waals surface area contributed by atoms with E-state index in [1.165, 1.54) is 6.92 Å². The third kappa shape index (κ3) is 5.20. The van der Waals surface area contributed by atoms with Crippen LogP contribution in [0, 0.1) is 11.6 Å². The van der Waals surface area contributed by atoms with Crippen molar-refractivity contribution in [1.29, 1.82) is 0 Å². The fourth-order valence-corrected chi connectivity index (χ4v) is 5.11. The Morgan fingerprint density at radius 3 is 2.42 bits per heavy atom. The maximum Gasteiger partial charge on any atom is 0.269 e. The fourth-order valence-electron chi connectivity index (χ4n) is 4.48. The Labute approximate surface area is 207 Å². The number of hydrogen-bond acceptors (Lipinski definition) is 8. The number of halogens is 3. The summed E-state index contributed by atoms with van der Waals surface area (Å²) in [6, 6.07) is 0.550. The zero-order valence-electron chi connectivity index (χ0n) is 20.0. The van der Waals surface area contributed by atoms with Crippen LogP contribution in [0.3, 0.4) is 0 Å². The molecule has 1 N–H and O–H groups in total. The Kier molecular flexibility index (Phi) is 7.04. The van der Waals surface area contributed by atoms with E-state index in [-0.39, 0.29) is 23.8 Å². The third-order valence-electron chi connectivity index (χ3n) is 6.64. The second-order valence-electron chi connectivity index (χ2n) is 9.30. The van der Waals surface area contributed by atoms with Crippen LogP contribution in [0.25, 0.3) is 0 Å². The van der Waals surface area contributed by atoms with Crippen LogP contribution in [-0.4, -0.2) is 67.3 Å². The summed E-state index contributed by atoms with van der Waals surface area (Å²) in [6.07, 6.45) is 4.17. The van der Waals surface area contributed by atoms with Crippen molar-refractivity contribution in [3.05, 3.63) is 42.3 Å². The van der Waals surface area contributed by atoms with Gasteiger partial charge in [0.05, 0.1) is 4.90 Å². The van der Waals surface area contributed by atoms with Crippen molar-refractivity contribution in [2.45, 2.75) is 55.3 Å². The van der Waals surface area contributed by atoms with Crippen molar-refractivity contribution >= 4 is 27.4 Å². The number of nitrogens with one attached hydrogen (secondary N) is 1. The van der Waals surface area contributed by atoms with E-state index in [2.05, 4.69) is 22.0 Å². The Morgan fingerprint density at radius 1 is 1.19 bits per heavy atom. The molecule has 2 saturated heterocycles. The molecular weight excluding hydrogens is 499 g/mol. The molecule has 0 saturated carbocycles. The Morgan fingerprint density at radius 2 is 1.83 bits per heavy atom. The highest BCUT2D eigenvalue weighted by molar-refractivity contribution is 7.90. The Balaban J connectivity index is 1.41. The molecule has 0 radical (unpaired) electrons. The summed E-state index contributed by atoms with van der Waals surface area (Å²) in [5.74, 6) is -2.34. The van der Waals surface area contributed by atoms with Crippen molar-refractivity contribution < 1.29 is 30.9 Å². The van der Waals surface area contributed by atoms with Crippen LogP contribution in [0.5, 0.6) is 0 Å². The average Bonchev–Trinajstić information content (AvgIpc) is 3.33. The SMILES string of the molecule is C=CC(C)(F)c1nc(N2CCC(N3CCCC(Nc4c(F)cc(S(C)(=O)=O)cc4F)C3=O)CC2)no1. The topological polar surface area (TPSA) is 109 Å². The van der Waals surface area contributed by atoms with Crippen molar-refractivity contribution in [3.8, 4) is 0 Å². The minimum Gasteiger partial charge on any atom is -0.369 e. The van der Waals surface area contributed by atoms with Crippen molar-refractivity contribution in [2.24, 2.45) is 0 Å². The molecule has 2 aliphatic rings. The average molecular weight is 528 g/mol.